The number of rotatable bonds is 4. The fourth-order valence-corrected chi connectivity index (χ4v) is 2.31. The van der Waals surface area contributed by atoms with E-state index in [2.05, 4.69) is 0 Å². The first-order valence-corrected chi connectivity index (χ1v) is 6.34. The third kappa shape index (κ3) is 2.33. The first-order valence-electron chi connectivity index (χ1n) is 5.40. The number of hydrogen-bond acceptors (Lipinski definition) is 3. The summed E-state index contributed by atoms with van der Waals surface area (Å²) in [7, 11) is 0. The number of benzene rings is 1. The van der Waals surface area contributed by atoms with Gasteiger partial charge in [0.15, 0.2) is 0 Å². The molecule has 17 heavy (non-hydrogen) atoms. The minimum Gasteiger partial charge on any atom is -0.490 e. The van der Waals surface area contributed by atoms with Gasteiger partial charge in [0.05, 0.1) is 12.2 Å². The SMILES string of the molecule is Fc1cccc(OC[C@@H]2CO2)c1-c1ccsc1. The van der Waals surface area contributed by atoms with Gasteiger partial charge in [-0.1, -0.05) is 6.07 Å². The van der Waals surface area contributed by atoms with Crippen LogP contribution in [-0.4, -0.2) is 19.3 Å². The van der Waals surface area contributed by atoms with Crippen molar-refractivity contribution >= 4 is 11.3 Å². The molecule has 1 aliphatic rings. The lowest BCUT2D eigenvalue weighted by atomic mass is 10.1. The van der Waals surface area contributed by atoms with Gasteiger partial charge in [-0.05, 0) is 34.5 Å². The zero-order chi connectivity index (χ0) is 11.7. The van der Waals surface area contributed by atoms with Crippen molar-refractivity contribution in [2.75, 3.05) is 13.2 Å². The normalized spacial score (nSPS) is 18.1. The van der Waals surface area contributed by atoms with E-state index in [1.807, 2.05) is 16.8 Å². The van der Waals surface area contributed by atoms with Gasteiger partial charge in [-0.25, -0.2) is 4.39 Å². The summed E-state index contributed by atoms with van der Waals surface area (Å²) >= 11 is 1.54. The number of ether oxygens (including phenoxy) is 2. The topological polar surface area (TPSA) is 21.8 Å². The zero-order valence-corrected chi connectivity index (χ0v) is 9.87. The fraction of sp³-hybridized carbons (Fsp3) is 0.231. The second kappa shape index (κ2) is 4.47. The molecule has 88 valence electrons. The average molecular weight is 250 g/mol. The standard InChI is InChI=1S/C13H11FO2S/c14-11-2-1-3-12(16-7-10-6-15-10)13(11)9-4-5-17-8-9/h1-5,8,10H,6-7H2/t10-/m0/s1. The molecule has 0 aliphatic carbocycles. The van der Waals surface area contributed by atoms with Gasteiger partial charge in [-0.3, -0.25) is 0 Å². The Morgan fingerprint density at radius 1 is 1.41 bits per heavy atom. The molecule has 0 bridgehead atoms. The van der Waals surface area contributed by atoms with E-state index in [-0.39, 0.29) is 11.9 Å². The molecule has 1 aromatic heterocycles. The predicted octanol–water partition coefficient (Wildman–Crippen LogP) is 3.33. The summed E-state index contributed by atoms with van der Waals surface area (Å²) in [4.78, 5) is 0. The third-order valence-corrected chi connectivity index (χ3v) is 3.30. The molecule has 1 saturated heterocycles. The molecule has 2 aromatic rings. The molecule has 0 spiro atoms. The lowest BCUT2D eigenvalue weighted by molar-refractivity contribution is 0.263. The van der Waals surface area contributed by atoms with Crippen LogP contribution < -0.4 is 4.74 Å². The Morgan fingerprint density at radius 3 is 3.00 bits per heavy atom. The van der Waals surface area contributed by atoms with Crippen LogP contribution in [0.1, 0.15) is 0 Å². The molecule has 1 aromatic carbocycles. The smallest absolute Gasteiger partial charge is 0.134 e. The highest BCUT2D eigenvalue weighted by molar-refractivity contribution is 7.08. The van der Waals surface area contributed by atoms with E-state index in [9.17, 15) is 4.39 Å². The largest absolute Gasteiger partial charge is 0.490 e. The number of halogens is 1. The van der Waals surface area contributed by atoms with Crippen LogP contribution in [0.15, 0.2) is 35.0 Å². The fourth-order valence-electron chi connectivity index (χ4n) is 1.66. The van der Waals surface area contributed by atoms with Crippen LogP contribution in [0.4, 0.5) is 4.39 Å². The van der Waals surface area contributed by atoms with Gasteiger partial charge in [-0.15, -0.1) is 0 Å². The molecule has 2 nitrogen and oxygen atoms in total. The Hall–Kier alpha value is -1.39. The molecule has 0 radical (unpaired) electrons. The van der Waals surface area contributed by atoms with Gasteiger partial charge in [-0.2, -0.15) is 11.3 Å². The van der Waals surface area contributed by atoms with Gasteiger partial charge < -0.3 is 9.47 Å². The van der Waals surface area contributed by atoms with E-state index in [0.717, 1.165) is 12.2 Å². The monoisotopic (exact) mass is 250 g/mol. The summed E-state index contributed by atoms with van der Waals surface area (Å²) in [6.45, 7) is 1.23. The van der Waals surface area contributed by atoms with Crippen LogP contribution >= 0.6 is 11.3 Å². The van der Waals surface area contributed by atoms with E-state index < -0.39 is 0 Å². The van der Waals surface area contributed by atoms with Crippen LogP contribution in [0.5, 0.6) is 5.75 Å². The van der Waals surface area contributed by atoms with Crippen LogP contribution in [-0.2, 0) is 4.74 Å². The summed E-state index contributed by atoms with van der Waals surface area (Å²) in [5.41, 5.74) is 1.40. The number of epoxide rings is 1. The highest BCUT2D eigenvalue weighted by atomic mass is 32.1. The second-order valence-corrected chi connectivity index (χ2v) is 4.67. The molecular weight excluding hydrogens is 239 g/mol. The molecule has 0 saturated carbocycles. The molecule has 1 aliphatic heterocycles. The minimum absolute atomic E-state index is 0.175. The van der Waals surface area contributed by atoms with Gasteiger partial charge >= 0.3 is 0 Å². The molecule has 0 N–H and O–H groups in total. The summed E-state index contributed by atoms with van der Waals surface area (Å²) < 4.78 is 24.5. The number of thiophene rings is 1. The molecular formula is C13H11FO2S. The Kier molecular flexibility index (Phi) is 2.82. The first kappa shape index (κ1) is 10.7. The summed E-state index contributed by atoms with van der Waals surface area (Å²) in [6.07, 6.45) is 0.175. The molecule has 4 heteroatoms. The quantitative estimate of drug-likeness (QED) is 0.776. The summed E-state index contributed by atoms with van der Waals surface area (Å²) in [5.74, 6) is 0.330. The second-order valence-electron chi connectivity index (χ2n) is 3.89. The maximum Gasteiger partial charge on any atom is 0.134 e. The maximum absolute atomic E-state index is 13.8. The van der Waals surface area contributed by atoms with Crippen molar-refractivity contribution in [2.45, 2.75) is 6.10 Å². The summed E-state index contributed by atoms with van der Waals surface area (Å²) in [6, 6.07) is 6.80. The summed E-state index contributed by atoms with van der Waals surface area (Å²) in [5, 5.41) is 3.84. The van der Waals surface area contributed by atoms with Crippen LogP contribution in [0, 0.1) is 5.82 Å². The number of hydrogen-bond donors (Lipinski definition) is 0. The maximum atomic E-state index is 13.8. The van der Waals surface area contributed by atoms with Gasteiger partial charge in [0.2, 0.25) is 0 Å². The first-order chi connectivity index (χ1) is 8.34. The van der Waals surface area contributed by atoms with Crippen LogP contribution in [0.25, 0.3) is 11.1 Å². The van der Waals surface area contributed by atoms with Crippen molar-refractivity contribution in [3.63, 3.8) is 0 Å². The van der Waals surface area contributed by atoms with E-state index in [1.165, 1.54) is 6.07 Å². The van der Waals surface area contributed by atoms with Gasteiger partial charge in [0, 0.05) is 0 Å². The molecule has 0 amide bonds. The molecule has 1 atom stereocenters. The molecule has 0 unspecified atom stereocenters. The van der Waals surface area contributed by atoms with Crippen LogP contribution in [0.2, 0.25) is 0 Å². The Morgan fingerprint density at radius 2 is 2.29 bits per heavy atom. The average Bonchev–Trinajstić information content (AvgIpc) is 3.01. The zero-order valence-electron chi connectivity index (χ0n) is 9.06. The Labute approximate surface area is 103 Å². The highest BCUT2D eigenvalue weighted by Crippen LogP contribution is 2.34. The van der Waals surface area contributed by atoms with Crippen molar-refractivity contribution in [3.8, 4) is 16.9 Å². The highest BCUT2D eigenvalue weighted by Gasteiger charge is 2.24. The van der Waals surface area contributed by atoms with E-state index in [1.54, 1.807) is 23.5 Å². The van der Waals surface area contributed by atoms with E-state index >= 15 is 0 Å². The van der Waals surface area contributed by atoms with Gasteiger partial charge in [0.1, 0.15) is 24.3 Å². The molecule has 3 rings (SSSR count). The third-order valence-electron chi connectivity index (χ3n) is 2.61. The van der Waals surface area contributed by atoms with E-state index in [4.69, 9.17) is 9.47 Å². The van der Waals surface area contributed by atoms with Crippen molar-refractivity contribution in [3.05, 3.63) is 40.8 Å². The van der Waals surface area contributed by atoms with Crippen molar-refractivity contribution in [2.24, 2.45) is 0 Å². The lowest BCUT2D eigenvalue weighted by Crippen LogP contribution is -2.05. The van der Waals surface area contributed by atoms with Gasteiger partial charge in [0.25, 0.3) is 0 Å². The van der Waals surface area contributed by atoms with Crippen molar-refractivity contribution in [1.29, 1.82) is 0 Å². The van der Waals surface area contributed by atoms with Crippen molar-refractivity contribution < 1.29 is 13.9 Å². The Balaban J connectivity index is 1.92. The minimum atomic E-state index is -0.252. The lowest BCUT2D eigenvalue weighted by Gasteiger charge is -2.10. The molecule has 2 heterocycles. The predicted molar refractivity (Wildman–Crippen MR) is 64.9 cm³/mol. The van der Waals surface area contributed by atoms with Crippen molar-refractivity contribution in [1.82, 2.24) is 0 Å². The molecule has 1 fully saturated rings. The Bertz CT molecular complexity index is 506. The van der Waals surface area contributed by atoms with E-state index in [0.29, 0.717) is 17.9 Å². The van der Waals surface area contributed by atoms with Crippen LogP contribution in [0.3, 0.4) is 0 Å².